The summed E-state index contributed by atoms with van der Waals surface area (Å²) in [6.07, 6.45) is -4.35. The molecule has 1 nitrogen and oxygen atoms in total. The van der Waals surface area contributed by atoms with Crippen LogP contribution in [0.2, 0.25) is 0 Å². The maximum atomic E-state index is 12.5. The molecule has 0 amide bonds. The van der Waals surface area contributed by atoms with E-state index in [1.807, 2.05) is 22.6 Å². The van der Waals surface area contributed by atoms with Gasteiger partial charge in [0.1, 0.15) is 0 Å². The summed E-state index contributed by atoms with van der Waals surface area (Å²) in [6.45, 7) is -0.111. The van der Waals surface area contributed by atoms with Crippen LogP contribution in [-0.4, -0.2) is 0 Å². The first-order valence-corrected chi connectivity index (χ1v) is 5.48. The predicted molar refractivity (Wildman–Crippen MR) is 59.8 cm³/mol. The maximum Gasteiger partial charge on any atom is 0.416 e. The van der Waals surface area contributed by atoms with E-state index in [1.165, 1.54) is 0 Å². The third-order valence-corrected chi connectivity index (χ3v) is 3.09. The molecule has 1 rings (SSSR count). The zero-order valence-electron chi connectivity index (χ0n) is 6.83. The lowest BCUT2D eigenvalue weighted by Gasteiger charge is -2.13. The molecule has 0 unspecified atom stereocenters. The average Bonchev–Trinajstić information content (AvgIpc) is 2.01. The van der Waals surface area contributed by atoms with Crippen molar-refractivity contribution in [3.8, 4) is 0 Å². The molecular weight excluding hydrogens is 374 g/mol. The number of hydrogen-bond acceptors (Lipinski definition) is 1. The molecule has 78 valence electrons. The van der Waals surface area contributed by atoms with E-state index in [2.05, 4.69) is 15.9 Å². The van der Waals surface area contributed by atoms with E-state index in [1.54, 1.807) is 6.07 Å². The van der Waals surface area contributed by atoms with Gasteiger partial charge in [0.2, 0.25) is 0 Å². The van der Waals surface area contributed by atoms with Gasteiger partial charge in [-0.25, -0.2) is 0 Å². The van der Waals surface area contributed by atoms with Crippen molar-refractivity contribution in [2.75, 3.05) is 0 Å². The summed E-state index contributed by atoms with van der Waals surface area (Å²) in [5.41, 5.74) is 4.75. The Morgan fingerprint density at radius 1 is 1.36 bits per heavy atom. The van der Waals surface area contributed by atoms with Gasteiger partial charge in [0.25, 0.3) is 0 Å². The van der Waals surface area contributed by atoms with Crippen LogP contribution < -0.4 is 5.73 Å². The first-order valence-electron chi connectivity index (χ1n) is 3.61. The topological polar surface area (TPSA) is 26.0 Å². The first-order chi connectivity index (χ1) is 6.36. The monoisotopic (exact) mass is 379 g/mol. The molecule has 0 aromatic heterocycles. The summed E-state index contributed by atoms with van der Waals surface area (Å²) in [7, 11) is 0. The van der Waals surface area contributed by atoms with Crippen LogP contribution in [0.15, 0.2) is 16.6 Å². The number of hydrogen-bond donors (Lipinski definition) is 1. The minimum atomic E-state index is -4.35. The highest BCUT2D eigenvalue weighted by Crippen LogP contribution is 2.35. The zero-order valence-corrected chi connectivity index (χ0v) is 10.6. The Morgan fingerprint density at radius 2 is 1.93 bits per heavy atom. The SMILES string of the molecule is NCc1c(I)cc(Br)cc1C(F)(F)F. The van der Waals surface area contributed by atoms with Crippen LogP contribution in [0.4, 0.5) is 13.2 Å². The second kappa shape index (κ2) is 4.36. The summed E-state index contributed by atoms with van der Waals surface area (Å²) < 4.78 is 38.5. The molecule has 1 aromatic rings. The molecule has 0 atom stereocenters. The molecule has 0 spiro atoms. The Bertz CT molecular complexity index is 351. The van der Waals surface area contributed by atoms with Gasteiger partial charge in [0, 0.05) is 14.6 Å². The minimum absolute atomic E-state index is 0.111. The molecular formula is C8H6BrF3IN. The van der Waals surface area contributed by atoms with Crippen LogP contribution in [-0.2, 0) is 12.7 Å². The Balaban J connectivity index is 3.40. The molecule has 14 heavy (non-hydrogen) atoms. The van der Waals surface area contributed by atoms with Crippen LogP contribution in [0, 0.1) is 3.57 Å². The highest BCUT2D eigenvalue weighted by molar-refractivity contribution is 14.1. The van der Waals surface area contributed by atoms with Gasteiger partial charge < -0.3 is 5.73 Å². The Labute approximate surface area is 101 Å². The summed E-state index contributed by atoms with van der Waals surface area (Å²) >= 11 is 4.86. The molecule has 0 saturated carbocycles. The highest BCUT2D eigenvalue weighted by Gasteiger charge is 2.34. The van der Waals surface area contributed by atoms with Crippen LogP contribution in [0.25, 0.3) is 0 Å². The largest absolute Gasteiger partial charge is 0.416 e. The Hall–Kier alpha value is 0.180. The van der Waals surface area contributed by atoms with Gasteiger partial charge in [-0.1, -0.05) is 15.9 Å². The van der Waals surface area contributed by atoms with Crippen LogP contribution in [0.5, 0.6) is 0 Å². The van der Waals surface area contributed by atoms with Crippen molar-refractivity contribution in [3.05, 3.63) is 31.3 Å². The molecule has 0 fully saturated rings. The predicted octanol–water partition coefficient (Wildman–Crippen LogP) is 3.53. The van der Waals surface area contributed by atoms with E-state index < -0.39 is 11.7 Å². The molecule has 1 aromatic carbocycles. The molecule has 0 radical (unpaired) electrons. The fourth-order valence-electron chi connectivity index (χ4n) is 1.06. The summed E-state index contributed by atoms with van der Waals surface area (Å²) in [6, 6.07) is 2.66. The van der Waals surface area contributed by atoms with Gasteiger partial charge in [0.15, 0.2) is 0 Å². The van der Waals surface area contributed by atoms with Gasteiger partial charge >= 0.3 is 6.18 Å². The van der Waals surface area contributed by atoms with Crippen molar-refractivity contribution < 1.29 is 13.2 Å². The number of benzene rings is 1. The molecule has 0 aliphatic rings. The van der Waals surface area contributed by atoms with Crippen molar-refractivity contribution in [3.63, 3.8) is 0 Å². The van der Waals surface area contributed by atoms with E-state index >= 15 is 0 Å². The number of alkyl halides is 3. The van der Waals surface area contributed by atoms with E-state index in [9.17, 15) is 13.2 Å². The van der Waals surface area contributed by atoms with Gasteiger partial charge in [-0.15, -0.1) is 0 Å². The van der Waals surface area contributed by atoms with Gasteiger partial charge in [-0.3, -0.25) is 0 Å². The van der Waals surface area contributed by atoms with Crippen LogP contribution in [0.3, 0.4) is 0 Å². The van der Waals surface area contributed by atoms with E-state index in [4.69, 9.17) is 5.73 Å². The van der Waals surface area contributed by atoms with E-state index in [-0.39, 0.29) is 12.1 Å². The summed E-state index contributed by atoms with van der Waals surface area (Å²) in [5, 5.41) is 0. The van der Waals surface area contributed by atoms with E-state index in [0.29, 0.717) is 8.04 Å². The highest BCUT2D eigenvalue weighted by atomic mass is 127. The summed E-state index contributed by atoms with van der Waals surface area (Å²) in [4.78, 5) is 0. The quantitative estimate of drug-likeness (QED) is 0.742. The minimum Gasteiger partial charge on any atom is -0.326 e. The standard InChI is InChI=1S/C8H6BrF3IN/c9-4-1-6(8(10,11)12)5(3-14)7(13)2-4/h1-2H,3,14H2. The van der Waals surface area contributed by atoms with Crippen molar-refractivity contribution in [2.24, 2.45) is 5.73 Å². The van der Waals surface area contributed by atoms with Gasteiger partial charge in [0.05, 0.1) is 5.56 Å². The molecule has 0 aliphatic carbocycles. The fraction of sp³-hybridized carbons (Fsp3) is 0.250. The van der Waals surface area contributed by atoms with E-state index in [0.717, 1.165) is 6.07 Å². The zero-order chi connectivity index (χ0) is 10.9. The molecule has 0 bridgehead atoms. The van der Waals surface area contributed by atoms with Crippen molar-refractivity contribution in [2.45, 2.75) is 12.7 Å². The van der Waals surface area contributed by atoms with Crippen molar-refractivity contribution in [1.29, 1.82) is 0 Å². The molecule has 2 N–H and O–H groups in total. The molecule has 0 aliphatic heterocycles. The number of halogens is 5. The number of nitrogens with two attached hydrogens (primary N) is 1. The van der Waals surface area contributed by atoms with Crippen LogP contribution >= 0.6 is 38.5 Å². The average molecular weight is 380 g/mol. The molecule has 6 heteroatoms. The fourth-order valence-corrected chi connectivity index (χ4v) is 2.80. The Morgan fingerprint density at radius 3 is 2.36 bits per heavy atom. The second-order valence-corrected chi connectivity index (χ2v) is 4.69. The smallest absolute Gasteiger partial charge is 0.326 e. The van der Waals surface area contributed by atoms with Crippen LogP contribution in [0.1, 0.15) is 11.1 Å². The lowest BCUT2D eigenvalue weighted by molar-refractivity contribution is -0.138. The lowest BCUT2D eigenvalue weighted by Crippen LogP contribution is -2.13. The van der Waals surface area contributed by atoms with Crippen molar-refractivity contribution >= 4 is 38.5 Å². The molecule has 0 heterocycles. The number of rotatable bonds is 1. The first kappa shape index (κ1) is 12.3. The maximum absolute atomic E-state index is 12.5. The third kappa shape index (κ3) is 2.60. The Kier molecular flexibility index (Phi) is 3.81. The molecule has 0 saturated heterocycles. The summed E-state index contributed by atoms with van der Waals surface area (Å²) in [5.74, 6) is 0. The van der Waals surface area contributed by atoms with Gasteiger partial charge in [-0.05, 0) is 40.3 Å². The van der Waals surface area contributed by atoms with Crippen molar-refractivity contribution in [1.82, 2.24) is 0 Å². The third-order valence-electron chi connectivity index (χ3n) is 1.67. The lowest BCUT2D eigenvalue weighted by atomic mass is 10.1. The normalized spacial score (nSPS) is 11.9. The second-order valence-electron chi connectivity index (χ2n) is 2.62. The van der Waals surface area contributed by atoms with Gasteiger partial charge in [-0.2, -0.15) is 13.2 Å².